The molecule has 4 nitrogen and oxygen atoms in total. The highest BCUT2D eigenvalue weighted by Gasteiger charge is 2.35. The zero-order valence-corrected chi connectivity index (χ0v) is 11.2. The smallest absolute Gasteiger partial charge is 0.245 e. The van der Waals surface area contributed by atoms with Gasteiger partial charge in [0, 0.05) is 9.86 Å². The van der Waals surface area contributed by atoms with E-state index in [-0.39, 0.29) is 0 Å². The second-order valence-electron chi connectivity index (χ2n) is 4.03. The molecule has 0 aliphatic rings. The summed E-state index contributed by atoms with van der Waals surface area (Å²) in [6.45, 7) is 1.70. The Morgan fingerprint density at radius 2 is 2.18 bits per heavy atom. The van der Waals surface area contributed by atoms with E-state index in [1.54, 1.807) is 14.0 Å². The number of nitrogens with two attached hydrogens (primary N) is 1. The maximum absolute atomic E-state index is 11.5. The Hall–Kier alpha value is -1.33. The third-order valence-electron chi connectivity index (χ3n) is 2.96. The molecule has 1 aromatic heterocycles. The summed E-state index contributed by atoms with van der Waals surface area (Å²) in [6, 6.07) is 7.48. The molecule has 3 N–H and O–H groups in total. The van der Waals surface area contributed by atoms with Crippen LogP contribution < -0.4 is 11.1 Å². The first-order valence-corrected chi connectivity index (χ1v) is 5.95. The second-order valence-corrected chi connectivity index (χ2v) is 4.95. The number of amides is 1. The van der Waals surface area contributed by atoms with Crippen LogP contribution in [0.5, 0.6) is 0 Å². The van der Waals surface area contributed by atoms with Gasteiger partial charge in [0.1, 0.15) is 11.3 Å². The number of halogens is 1. The van der Waals surface area contributed by atoms with Crippen LogP contribution in [-0.4, -0.2) is 13.0 Å². The van der Waals surface area contributed by atoms with E-state index in [4.69, 9.17) is 10.2 Å². The van der Waals surface area contributed by atoms with E-state index in [9.17, 15) is 4.79 Å². The average molecular weight is 297 g/mol. The van der Waals surface area contributed by atoms with Crippen molar-refractivity contribution in [2.75, 3.05) is 7.05 Å². The van der Waals surface area contributed by atoms with Gasteiger partial charge in [-0.05, 0) is 38.2 Å². The van der Waals surface area contributed by atoms with Gasteiger partial charge in [0.2, 0.25) is 5.91 Å². The van der Waals surface area contributed by atoms with Crippen LogP contribution in [0.1, 0.15) is 12.7 Å². The van der Waals surface area contributed by atoms with Gasteiger partial charge in [0.25, 0.3) is 0 Å². The highest BCUT2D eigenvalue weighted by Crippen LogP contribution is 2.29. The molecule has 0 bridgehead atoms. The number of fused-ring (bicyclic) bond motifs is 1. The van der Waals surface area contributed by atoms with Crippen molar-refractivity contribution in [1.29, 1.82) is 0 Å². The zero-order valence-electron chi connectivity index (χ0n) is 9.58. The van der Waals surface area contributed by atoms with Gasteiger partial charge in [-0.2, -0.15) is 0 Å². The van der Waals surface area contributed by atoms with Gasteiger partial charge in [-0.25, -0.2) is 0 Å². The van der Waals surface area contributed by atoms with Crippen molar-refractivity contribution in [3.63, 3.8) is 0 Å². The molecular formula is C12H13BrN2O2. The Balaban J connectivity index is 2.59. The Kier molecular flexibility index (Phi) is 2.97. The third-order valence-corrected chi connectivity index (χ3v) is 3.46. The van der Waals surface area contributed by atoms with Crippen LogP contribution >= 0.6 is 15.9 Å². The zero-order chi connectivity index (χ0) is 12.6. The standard InChI is InChI=1S/C12H13BrN2O2/c1-12(15-2,11(14)16)10-6-7-5-8(13)3-4-9(7)17-10/h3-6,15H,1-2H3,(H2,14,16). The summed E-state index contributed by atoms with van der Waals surface area (Å²) in [7, 11) is 1.67. The first-order chi connectivity index (χ1) is 7.97. The second kappa shape index (κ2) is 4.16. The van der Waals surface area contributed by atoms with Crippen molar-refractivity contribution in [3.05, 3.63) is 34.5 Å². The van der Waals surface area contributed by atoms with Crippen LogP contribution in [0, 0.1) is 0 Å². The molecule has 0 saturated carbocycles. The molecule has 5 heteroatoms. The van der Waals surface area contributed by atoms with Crippen LogP contribution in [0.25, 0.3) is 11.0 Å². The molecular weight excluding hydrogens is 284 g/mol. The van der Waals surface area contributed by atoms with Gasteiger partial charge >= 0.3 is 0 Å². The predicted octanol–water partition coefficient (Wildman–Crippen LogP) is 2.12. The minimum absolute atomic E-state index is 0.474. The molecule has 0 saturated heterocycles. The van der Waals surface area contributed by atoms with Crippen LogP contribution in [0.2, 0.25) is 0 Å². The third kappa shape index (κ3) is 1.96. The summed E-state index contributed by atoms with van der Waals surface area (Å²) in [6.07, 6.45) is 0. The molecule has 17 heavy (non-hydrogen) atoms. The van der Waals surface area contributed by atoms with E-state index in [1.165, 1.54) is 0 Å². The van der Waals surface area contributed by atoms with Gasteiger partial charge in [0.05, 0.1) is 0 Å². The minimum atomic E-state index is -0.995. The van der Waals surface area contributed by atoms with Crippen LogP contribution in [0.4, 0.5) is 0 Å². The van der Waals surface area contributed by atoms with Crippen molar-refractivity contribution in [1.82, 2.24) is 5.32 Å². The van der Waals surface area contributed by atoms with Gasteiger partial charge < -0.3 is 15.5 Å². The minimum Gasteiger partial charge on any atom is -0.459 e. The number of primary amides is 1. The lowest BCUT2D eigenvalue weighted by atomic mass is 9.98. The molecule has 1 heterocycles. The van der Waals surface area contributed by atoms with E-state index < -0.39 is 11.4 Å². The molecule has 2 aromatic rings. The molecule has 0 radical (unpaired) electrons. The summed E-state index contributed by atoms with van der Waals surface area (Å²) < 4.78 is 6.62. The van der Waals surface area contributed by atoms with E-state index in [0.29, 0.717) is 5.76 Å². The molecule has 1 amide bonds. The summed E-state index contributed by atoms with van der Waals surface area (Å²) in [5.41, 5.74) is 5.13. The van der Waals surface area contributed by atoms with Crippen LogP contribution in [0.15, 0.2) is 33.2 Å². The van der Waals surface area contributed by atoms with Gasteiger partial charge in [0.15, 0.2) is 5.54 Å². The Morgan fingerprint density at radius 3 is 2.76 bits per heavy atom. The number of nitrogens with one attached hydrogen (secondary N) is 1. The Labute approximate surface area is 107 Å². The number of carbonyl (C=O) groups excluding carboxylic acids is 1. The summed E-state index contributed by atoms with van der Waals surface area (Å²) in [4.78, 5) is 11.5. The molecule has 0 fully saturated rings. The van der Waals surface area contributed by atoms with Crippen LogP contribution in [-0.2, 0) is 10.3 Å². The fourth-order valence-electron chi connectivity index (χ4n) is 1.63. The average Bonchev–Trinajstić information content (AvgIpc) is 2.70. The summed E-state index contributed by atoms with van der Waals surface area (Å²) in [5, 5.41) is 3.82. The molecule has 1 atom stereocenters. The lowest BCUT2D eigenvalue weighted by Crippen LogP contribution is -2.48. The van der Waals surface area contributed by atoms with Gasteiger partial charge in [-0.3, -0.25) is 4.79 Å². The molecule has 1 aromatic carbocycles. The molecule has 0 aliphatic heterocycles. The molecule has 0 spiro atoms. The topological polar surface area (TPSA) is 68.3 Å². The highest BCUT2D eigenvalue weighted by molar-refractivity contribution is 9.10. The molecule has 0 aliphatic carbocycles. The predicted molar refractivity (Wildman–Crippen MR) is 69.5 cm³/mol. The quantitative estimate of drug-likeness (QED) is 0.911. The fraction of sp³-hybridized carbons (Fsp3) is 0.250. The normalized spacial score (nSPS) is 14.8. The molecule has 1 unspecified atom stereocenters. The summed E-state index contributed by atoms with van der Waals surface area (Å²) in [5.74, 6) is 0.0405. The van der Waals surface area contributed by atoms with Crippen molar-refractivity contribution >= 4 is 32.8 Å². The first-order valence-electron chi connectivity index (χ1n) is 5.16. The van der Waals surface area contributed by atoms with Crippen molar-refractivity contribution in [3.8, 4) is 0 Å². The summed E-state index contributed by atoms with van der Waals surface area (Å²) >= 11 is 3.39. The van der Waals surface area contributed by atoms with E-state index >= 15 is 0 Å². The maximum atomic E-state index is 11.5. The van der Waals surface area contributed by atoms with Crippen LogP contribution in [0.3, 0.4) is 0 Å². The number of rotatable bonds is 3. The number of carbonyl (C=O) groups is 1. The van der Waals surface area contributed by atoms with E-state index in [0.717, 1.165) is 15.4 Å². The van der Waals surface area contributed by atoms with Crippen molar-refractivity contribution in [2.24, 2.45) is 5.73 Å². The van der Waals surface area contributed by atoms with E-state index in [1.807, 2.05) is 24.3 Å². The number of furan rings is 1. The highest BCUT2D eigenvalue weighted by atomic mass is 79.9. The number of benzene rings is 1. The Morgan fingerprint density at radius 1 is 1.47 bits per heavy atom. The van der Waals surface area contributed by atoms with E-state index in [2.05, 4.69) is 21.2 Å². The largest absolute Gasteiger partial charge is 0.459 e. The van der Waals surface area contributed by atoms with Crippen molar-refractivity contribution < 1.29 is 9.21 Å². The Bertz CT molecular complexity index is 579. The van der Waals surface area contributed by atoms with Crippen molar-refractivity contribution in [2.45, 2.75) is 12.5 Å². The lowest BCUT2D eigenvalue weighted by Gasteiger charge is -2.22. The van der Waals surface area contributed by atoms with Gasteiger partial charge in [-0.1, -0.05) is 15.9 Å². The maximum Gasteiger partial charge on any atom is 0.245 e. The number of hydrogen-bond donors (Lipinski definition) is 2. The molecule has 90 valence electrons. The SMILES string of the molecule is CNC(C)(C(N)=O)c1cc2cc(Br)ccc2o1. The monoisotopic (exact) mass is 296 g/mol. The van der Waals surface area contributed by atoms with Gasteiger partial charge in [-0.15, -0.1) is 0 Å². The number of likely N-dealkylation sites (N-methyl/N-ethyl adjacent to an activating group) is 1. The lowest BCUT2D eigenvalue weighted by molar-refractivity contribution is -0.124. The number of hydrogen-bond acceptors (Lipinski definition) is 3. The fourth-order valence-corrected chi connectivity index (χ4v) is 2.01. The first kappa shape index (κ1) is 12.1. The molecule has 2 rings (SSSR count).